The lowest BCUT2D eigenvalue weighted by atomic mass is 10.0. The summed E-state index contributed by atoms with van der Waals surface area (Å²) in [5, 5.41) is 7.50. The van der Waals surface area contributed by atoms with Crippen molar-refractivity contribution in [1.82, 2.24) is 9.78 Å². The molecule has 3 N–H and O–H groups in total. The summed E-state index contributed by atoms with van der Waals surface area (Å²) in [6, 6.07) is 7.46. The van der Waals surface area contributed by atoms with Crippen LogP contribution in [0.25, 0.3) is 11.3 Å². The van der Waals surface area contributed by atoms with Gasteiger partial charge in [-0.1, -0.05) is 24.3 Å². The van der Waals surface area contributed by atoms with Gasteiger partial charge < -0.3 is 11.1 Å². The Hall–Kier alpha value is -2.30. The highest BCUT2D eigenvalue weighted by Gasteiger charge is 2.25. The topological polar surface area (TPSA) is 72.9 Å². The Morgan fingerprint density at radius 2 is 2.22 bits per heavy atom. The van der Waals surface area contributed by atoms with E-state index < -0.39 is 6.03 Å². The number of aromatic nitrogens is 2. The Balaban J connectivity index is 2.23. The molecule has 0 bridgehead atoms. The molecule has 18 heavy (non-hydrogen) atoms. The molecule has 0 radical (unpaired) electrons. The molecule has 0 atom stereocenters. The number of nitrogens with one attached hydrogen (secondary N) is 1. The monoisotopic (exact) mass is 242 g/mol. The van der Waals surface area contributed by atoms with E-state index in [4.69, 9.17) is 5.73 Å². The highest BCUT2D eigenvalue weighted by atomic mass is 16.2. The van der Waals surface area contributed by atoms with Crippen LogP contribution in [-0.4, -0.2) is 22.4 Å². The number of amides is 1. The smallest absolute Gasteiger partial charge is 0.341 e. The zero-order valence-corrected chi connectivity index (χ0v) is 10.1. The summed E-state index contributed by atoms with van der Waals surface area (Å²) < 4.78 is 1.25. The number of primary amides is 1. The van der Waals surface area contributed by atoms with Crippen LogP contribution in [-0.2, 0) is 6.42 Å². The molecule has 0 spiro atoms. The molecule has 0 aliphatic carbocycles. The van der Waals surface area contributed by atoms with Gasteiger partial charge in [-0.3, -0.25) is 0 Å². The maximum absolute atomic E-state index is 11.4. The summed E-state index contributed by atoms with van der Waals surface area (Å²) >= 11 is 0. The Morgan fingerprint density at radius 3 is 2.94 bits per heavy atom. The third-order valence-corrected chi connectivity index (χ3v) is 3.26. The molecule has 5 heteroatoms. The molecule has 0 saturated carbocycles. The third kappa shape index (κ3) is 1.48. The molecule has 1 amide bonds. The van der Waals surface area contributed by atoms with Crippen molar-refractivity contribution in [2.45, 2.75) is 13.3 Å². The summed E-state index contributed by atoms with van der Waals surface area (Å²) in [4.78, 5) is 11.4. The molecule has 3 rings (SSSR count). The van der Waals surface area contributed by atoms with Crippen molar-refractivity contribution in [2.75, 3.05) is 11.9 Å². The normalized spacial score (nSPS) is 13.2. The van der Waals surface area contributed by atoms with Crippen LogP contribution in [0.2, 0.25) is 0 Å². The summed E-state index contributed by atoms with van der Waals surface area (Å²) in [5.41, 5.74) is 9.46. The Bertz CT molecular complexity index is 630. The SMILES string of the molecule is Cc1ccccc1-c1nn(C(N)=O)c2c1CCN2. The molecule has 2 heterocycles. The number of carbonyl (C=O) groups is 1. The number of carbonyl (C=O) groups excluding carboxylic acids is 1. The van der Waals surface area contributed by atoms with Crippen LogP contribution in [0.1, 0.15) is 11.1 Å². The van der Waals surface area contributed by atoms with Gasteiger partial charge in [-0.2, -0.15) is 9.78 Å². The number of nitrogens with zero attached hydrogens (tertiary/aromatic N) is 2. The molecule has 1 aliphatic heterocycles. The van der Waals surface area contributed by atoms with Gasteiger partial charge in [-0.25, -0.2) is 4.79 Å². The van der Waals surface area contributed by atoms with E-state index in [0.717, 1.165) is 41.2 Å². The van der Waals surface area contributed by atoms with Crippen molar-refractivity contribution in [1.29, 1.82) is 0 Å². The minimum absolute atomic E-state index is 0.555. The first-order valence-electron chi connectivity index (χ1n) is 5.90. The number of aryl methyl sites for hydroxylation is 1. The fourth-order valence-corrected chi connectivity index (χ4v) is 2.39. The van der Waals surface area contributed by atoms with Crippen molar-refractivity contribution >= 4 is 11.8 Å². The van der Waals surface area contributed by atoms with Crippen LogP contribution >= 0.6 is 0 Å². The number of hydrogen-bond acceptors (Lipinski definition) is 3. The number of benzene rings is 1. The molecular formula is C13H14N4O. The van der Waals surface area contributed by atoms with Gasteiger partial charge in [-0.05, 0) is 18.9 Å². The van der Waals surface area contributed by atoms with Gasteiger partial charge in [0, 0.05) is 17.7 Å². The predicted octanol–water partition coefficient (Wildman–Crippen LogP) is 1.75. The first kappa shape index (κ1) is 10.8. The average Bonchev–Trinajstić information content (AvgIpc) is 2.90. The zero-order chi connectivity index (χ0) is 12.7. The van der Waals surface area contributed by atoms with E-state index in [1.807, 2.05) is 31.2 Å². The van der Waals surface area contributed by atoms with Gasteiger partial charge in [0.2, 0.25) is 0 Å². The number of fused-ring (bicyclic) bond motifs is 1. The molecule has 1 aromatic heterocycles. The molecule has 2 aromatic rings. The van der Waals surface area contributed by atoms with E-state index in [9.17, 15) is 4.79 Å². The molecule has 1 aliphatic rings. The van der Waals surface area contributed by atoms with Gasteiger partial charge in [-0.15, -0.1) is 0 Å². The lowest BCUT2D eigenvalue weighted by Gasteiger charge is -2.03. The van der Waals surface area contributed by atoms with E-state index in [1.165, 1.54) is 4.68 Å². The van der Waals surface area contributed by atoms with Crippen LogP contribution in [0.4, 0.5) is 10.6 Å². The minimum atomic E-state index is -0.555. The van der Waals surface area contributed by atoms with E-state index >= 15 is 0 Å². The minimum Gasteiger partial charge on any atom is -0.369 e. The first-order chi connectivity index (χ1) is 8.68. The molecule has 0 saturated heterocycles. The lowest BCUT2D eigenvalue weighted by molar-refractivity contribution is 0.248. The van der Waals surface area contributed by atoms with Crippen LogP contribution < -0.4 is 11.1 Å². The Morgan fingerprint density at radius 1 is 1.44 bits per heavy atom. The second-order valence-corrected chi connectivity index (χ2v) is 4.42. The lowest BCUT2D eigenvalue weighted by Crippen LogP contribution is -2.22. The molecule has 5 nitrogen and oxygen atoms in total. The number of hydrogen-bond donors (Lipinski definition) is 2. The maximum atomic E-state index is 11.4. The van der Waals surface area contributed by atoms with E-state index in [0.29, 0.717) is 0 Å². The standard InChI is InChI=1S/C13H14N4O/c1-8-4-2-3-5-9(8)11-10-6-7-15-12(10)17(16-11)13(14)18/h2-5,15H,6-7H2,1H3,(H2,14,18). The number of nitrogens with two attached hydrogens (primary N) is 1. The summed E-state index contributed by atoms with van der Waals surface area (Å²) in [6.45, 7) is 2.85. The molecule has 0 unspecified atom stereocenters. The van der Waals surface area contributed by atoms with Gasteiger partial charge in [0.05, 0.1) is 5.69 Å². The second-order valence-electron chi connectivity index (χ2n) is 4.42. The molecule has 1 aromatic carbocycles. The quantitative estimate of drug-likeness (QED) is 0.800. The van der Waals surface area contributed by atoms with Gasteiger partial charge in [0.25, 0.3) is 0 Å². The Kier molecular flexibility index (Phi) is 2.33. The summed E-state index contributed by atoms with van der Waals surface area (Å²) in [6.07, 6.45) is 0.867. The van der Waals surface area contributed by atoms with Crippen LogP contribution in [0.5, 0.6) is 0 Å². The zero-order valence-electron chi connectivity index (χ0n) is 10.1. The fraction of sp³-hybridized carbons (Fsp3) is 0.231. The van der Waals surface area contributed by atoms with Gasteiger partial charge >= 0.3 is 6.03 Å². The van der Waals surface area contributed by atoms with Crippen molar-refractivity contribution in [2.24, 2.45) is 5.73 Å². The van der Waals surface area contributed by atoms with E-state index in [2.05, 4.69) is 10.4 Å². The molecule has 0 fully saturated rings. The average molecular weight is 242 g/mol. The largest absolute Gasteiger partial charge is 0.369 e. The number of rotatable bonds is 1. The summed E-state index contributed by atoms with van der Waals surface area (Å²) in [5.74, 6) is 0.737. The predicted molar refractivity (Wildman–Crippen MR) is 69.6 cm³/mol. The summed E-state index contributed by atoms with van der Waals surface area (Å²) in [7, 11) is 0. The Labute approximate surface area is 105 Å². The van der Waals surface area contributed by atoms with E-state index in [-0.39, 0.29) is 0 Å². The van der Waals surface area contributed by atoms with Crippen molar-refractivity contribution in [3.63, 3.8) is 0 Å². The highest BCUT2D eigenvalue weighted by molar-refractivity contribution is 5.83. The molecule has 92 valence electrons. The maximum Gasteiger partial charge on any atom is 0.341 e. The second kappa shape index (κ2) is 3.87. The third-order valence-electron chi connectivity index (χ3n) is 3.26. The first-order valence-corrected chi connectivity index (χ1v) is 5.90. The van der Waals surface area contributed by atoms with Crippen molar-refractivity contribution in [3.05, 3.63) is 35.4 Å². The molecular weight excluding hydrogens is 228 g/mol. The van der Waals surface area contributed by atoms with Gasteiger partial charge in [0.1, 0.15) is 5.82 Å². The van der Waals surface area contributed by atoms with Crippen molar-refractivity contribution < 1.29 is 4.79 Å². The van der Waals surface area contributed by atoms with Crippen molar-refractivity contribution in [3.8, 4) is 11.3 Å². The highest BCUT2D eigenvalue weighted by Crippen LogP contribution is 2.33. The van der Waals surface area contributed by atoms with Crippen LogP contribution in [0, 0.1) is 6.92 Å². The van der Waals surface area contributed by atoms with Crippen LogP contribution in [0.3, 0.4) is 0 Å². The van der Waals surface area contributed by atoms with Crippen LogP contribution in [0.15, 0.2) is 24.3 Å². The van der Waals surface area contributed by atoms with E-state index in [1.54, 1.807) is 0 Å². The number of anilines is 1. The van der Waals surface area contributed by atoms with Gasteiger partial charge in [0.15, 0.2) is 0 Å². The fourth-order valence-electron chi connectivity index (χ4n) is 2.39.